The van der Waals surface area contributed by atoms with Crippen LogP contribution in [0.25, 0.3) is 0 Å². The van der Waals surface area contributed by atoms with Crippen LogP contribution in [-0.4, -0.2) is 23.8 Å². The van der Waals surface area contributed by atoms with Crippen molar-refractivity contribution in [3.8, 4) is 0 Å². The van der Waals surface area contributed by atoms with E-state index in [1.54, 1.807) is 30.3 Å². The normalized spacial score (nSPS) is 14.5. The first-order chi connectivity index (χ1) is 8.91. The molecule has 0 radical (unpaired) electrons. The highest BCUT2D eigenvalue weighted by Crippen LogP contribution is 2.21. The van der Waals surface area contributed by atoms with E-state index in [2.05, 4.69) is 0 Å². The summed E-state index contributed by atoms with van der Waals surface area (Å²) < 4.78 is 43.7. The van der Waals surface area contributed by atoms with Gasteiger partial charge < -0.3 is 4.74 Å². The zero-order valence-electron chi connectivity index (χ0n) is 10.9. The number of hydrogen-bond acceptors (Lipinski definition) is 2. The number of halogens is 3. The Morgan fingerprint density at radius 2 is 1.74 bits per heavy atom. The summed E-state index contributed by atoms with van der Waals surface area (Å²) in [5.41, 5.74) is 0.590. The molecule has 0 fully saturated rings. The molecule has 0 heterocycles. The molecule has 2 unspecified atom stereocenters. The maximum absolute atomic E-state index is 13.5. The maximum Gasteiger partial charge on any atom is 0.273 e. The highest BCUT2D eigenvalue weighted by atomic mass is 32.1. The predicted molar refractivity (Wildman–Crippen MR) is 73.4 cm³/mol. The van der Waals surface area contributed by atoms with Crippen molar-refractivity contribution in [3.05, 3.63) is 35.9 Å². The molecule has 2 atom stereocenters. The summed E-state index contributed by atoms with van der Waals surface area (Å²) in [4.78, 5) is 0. The van der Waals surface area contributed by atoms with Crippen LogP contribution in [0.4, 0.5) is 13.2 Å². The highest BCUT2D eigenvalue weighted by Gasteiger charge is 2.32. The van der Waals surface area contributed by atoms with Crippen LogP contribution in [0.1, 0.15) is 25.8 Å². The smallest absolute Gasteiger partial charge is 0.273 e. The lowest BCUT2D eigenvalue weighted by molar-refractivity contribution is -0.0283. The van der Waals surface area contributed by atoms with E-state index in [4.69, 9.17) is 17.0 Å². The molecular weight excluding hydrogens is 273 g/mol. The predicted octanol–water partition coefficient (Wildman–Crippen LogP) is 4.40. The topological polar surface area (TPSA) is 9.23 Å². The number of thiocarbonyl (C=S) groups is 1. The molecule has 0 N–H and O–H groups in total. The van der Waals surface area contributed by atoms with E-state index in [1.165, 1.54) is 0 Å². The van der Waals surface area contributed by atoms with E-state index in [-0.39, 0.29) is 17.4 Å². The van der Waals surface area contributed by atoms with E-state index in [0.717, 1.165) is 0 Å². The van der Waals surface area contributed by atoms with Crippen molar-refractivity contribution in [1.82, 2.24) is 0 Å². The van der Waals surface area contributed by atoms with Gasteiger partial charge in [0.15, 0.2) is 11.2 Å². The molecule has 0 saturated heterocycles. The van der Waals surface area contributed by atoms with Gasteiger partial charge in [-0.05, 0) is 24.6 Å². The van der Waals surface area contributed by atoms with Gasteiger partial charge in [0, 0.05) is 5.56 Å². The number of ether oxygens (including phenoxy) is 1. The molecule has 0 bridgehead atoms. The molecule has 5 heteroatoms. The van der Waals surface area contributed by atoms with Gasteiger partial charge in [0.25, 0.3) is 6.43 Å². The molecule has 0 saturated carbocycles. The third-order valence-electron chi connectivity index (χ3n) is 2.57. The van der Waals surface area contributed by atoms with Crippen LogP contribution in [0.5, 0.6) is 0 Å². The average molecular weight is 290 g/mol. The van der Waals surface area contributed by atoms with Gasteiger partial charge in [0.2, 0.25) is 0 Å². The first-order valence-corrected chi connectivity index (χ1v) is 6.51. The standard InChI is InChI=1S/C14H17F3OS/c1-9(2)8-11(12(15)13(16)17)18-14(19)10-6-4-3-5-7-10/h3-7,9,11-13H,8H2,1-2H3. The molecule has 1 aromatic carbocycles. The Labute approximate surface area is 116 Å². The van der Waals surface area contributed by atoms with Gasteiger partial charge in [0.05, 0.1) is 0 Å². The number of hydrogen-bond donors (Lipinski definition) is 0. The number of benzene rings is 1. The fourth-order valence-corrected chi connectivity index (χ4v) is 1.91. The van der Waals surface area contributed by atoms with E-state index in [1.807, 2.05) is 13.8 Å². The maximum atomic E-state index is 13.5. The summed E-state index contributed by atoms with van der Waals surface area (Å²) in [7, 11) is 0. The van der Waals surface area contributed by atoms with Crippen molar-refractivity contribution >= 4 is 17.3 Å². The van der Waals surface area contributed by atoms with Crippen LogP contribution in [-0.2, 0) is 4.74 Å². The number of alkyl halides is 3. The summed E-state index contributed by atoms with van der Waals surface area (Å²) in [6.07, 6.45) is -6.42. The Morgan fingerprint density at radius 1 is 1.16 bits per heavy atom. The molecule has 0 spiro atoms. The van der Waals surface area contributed by atoms with E-state index in [9.17, 15) is 13.2 Å². The summed E-state index contributed by atoms with van der Waals surface area (Å²) in [6, 6.07) is 8.70. The summed E-state index contributed by atoms with van der Waals surface area (Å²) in [6.45, 7) is 3.64. The SMILES string of the molecule is CC(C)CC(OC(=S)c1ccccc1)C(F)C(F)F. The monoisotopic (exact) mass is 290 g/mol. The van der Waals surface area contributed by atoms with Crippen molar-refractivity contribution in [2.75, 3.05) is 0 Å². The van der Waals surface area contributed by atoms with Crippen LogP contribution >= 0.6 is 12.2 Å². The van der Waals surface area contributed by atoms with Crippen LogP contribution < -0.4 is 0 Å². The van der Waals surface area contributed by atoms with Crippen LogP contribution in [0, 0.1) is 5.92 Å². The Kier molecular flexibility index (Phi) is 6.28. The van der Waals surface area contributed by atoms with Crippen molar-refractivity contribution in [1.29, 1.82) is 0 Å². The fourth-order valence-electron chi connectivity index (χ4n) is 1.65. The zero-order valence-corrected chi connectivity index (χ0v) is 11.7. The first kappa shape index (κ1) is 16.0. The minimum absolute atomic E-state index is 0.0422. The molecule has 0 aliphatic carbocycles. The molecule has 1 rings (SSSR count). The fraction of sp³-hybridized carbons (Fsp3) is 0.500. The largest absolute Gasteiger partial charge is 0.476 e. The van der Waals surface area contributed by atoms with Crippen molar-refractivity contribution in [2.24, 2.45) is 5.92 Å². The summed E-state index contributed by atoms with van der Waals surface area (Å²) >= 11 is 5.02. The van der Waals surface area contributed by atoms with E-state index < -0.39 is 18.7 Å². The van der Waals surface area contributed by atoms with E-state index in [0.29, 0.717) is 5.56 Å². The van der Waals surface area contributed by atoms with Crippen LogP contribution in [0.2, 0.25) is 0 Å². The van der Waals surface area contributed by atoms with Gasteiger partial charge in [-0.25, -0.2) is 13.2 Å². The summed E-state index contributed by atoms with van der Waals surface area (Å²) in [5.74, 6) is 0.0422. The van der Waals surface area contributed by atoms with Crippen molar-refractivity contribution < 1.29 is 17.9 Å². The van der Waals surface area contributed by atoms with E-state index >= 15 is 0 Å². The molecule has 106 valence electrons. The van der Waals surface area contributed by atoms with Gasteiger partial charge in [-0.3, -0.25) is 0 Å². The zero-order chi connectivity index (χ0) is 14.4. The minimum atomic E-state index is -3.07. The van der Waals surface area contributed by atoms with Gasteiger partial charge in [-0.15, -0.1) is 0 Å². The lowest BCUT2D eigenvalue weighted by Crippen LogP contribution is -2.34. The second-order valence-electron chi connectivity index (χ2n) is 4.72. The Morgan fingerprint density at radius 3 is 2.21 bits per heavy atom. The van der Waals surface area contributed by atoms with Crippen molar-refractivity contribution in [3.63, 3.8) is 0 Å². The summed E-state index contributed by atoms with van der Waals surface area (Å²) in [5, 5.41) is 0.0505. The molecular formula is C14H17F3OS. The average Bonchev–Trinajstić information content (AvgIpc) is 2.37. The second kappa shape index (κ2) is 7.48. The molecule has 1 aromatic rings. The quantitative estimate of drug-likeness (QED) is 0.718. The van der Waals surface area contributed by atoms with Gasteiger partial charge >= 0.3 is 0 Å². The minimum Gasteiger partial charge on any atom is -0.476 e. The third kappa shape index (κ3) is 5.19. The Balaban J connectivity index is 2.74. The molecule has 1 nitrogen and oxygen atoms in total. The number of rotatable bonds is 6. The molecule has 0 aromatic heterocycles. The lowest BCUT2D eigenvalue weighted by atomic mass is 10.0. The van der Waals surface area contributed by atoms with Crippen LogP contribution in [0.15, 0.2) is 30.3 Å². The van der Waals surface area contributed by atoms with Crippen molar-refractivity contribution in [2.45, 2.75) is 39.0 Å². The van der Waals surface area contributed by atoms with Crippen LogP contribution in [0.3, 0.4) is 0 Å². The Hall–Kier alpha value is -1.10. The molecule has 19 heavy (non-hydrogen) atoms. The molecule has 0 amide bonds. The molecule has 0 aliphatic heterocycles. The van der Waals surface area contributed by atoms with Gasteiger partial charge in [0.1, 0.15) is 6.10 Å². The Bertz CT molecular complexity index is 395. The molecule has 0 aliphatic rings. The van der Waals surface area contributed by atoms with Gasteiger partial charge in [-0.1, -0.05) is 44.2 Å². The highest BCUT2D eigenvalue weighted by molar-refractivity contribution is 7.80. The first-order valence-electron chi connectivity index (χ1n) is 6.10. The van der Waals surface area contributed by atoms with Gasteiger partial charge in [-0.2, -0.15) is 0 Å². The lowest BCUT2D eigenvalue weighted by Gasteiger charge is -2.24. The third-order valence-corrected chi connectivity index (χ3v) is 2.90. The second-order valence-corrected chi connectivity index (χ2v) is 5.09.